The van der Waals surface area contributed by atoms with Gasteiger partial charge in [0.2, 0.25) is 5.91 Å². The zero-order chi connectivity index (χ0) is 42.3. The van der Waals surface area contributed by atoms with E-state index in [1.165, 1.54) is 250 Å². The third-order valence-corrected chi connectivity index (χ3v) is 13.0. The van der Waals surface area contributed by atoms with Gasteiger partial charge in [0.25, 0.3) is 0 Å². The molecule has 0 radical (unpaired) electrons. The Labute approximate surface area is 364 Å². The van der Waals surface area contributed by atoms with Crippen molar-refractivity contribution in [2.75, 3.05) is 6.61 Å². The predicted octanol–water partition coefficient (Wildman–Crippen LogP) is 16.2. The van der Waals surface area contributed by atoms with Crippen LogP contribution in [0.25, 0.3) is 0 Å². The van der Waals surface area contributed by atoms with E-state index in [9.17, 15) is 20.1 Å². The number of hydrogen-bond acceptors (Lipinski definition) is 4. The van der Waals surface area contributed by atoms with Crippen molar-refractivity contribution in [1.82, 2.24) is 5.32 Å². The Balaban J connectivity index is 3.49. The van der Waals surface area contributed by atoms with Gasteiger partial charge in [0.1, 0.15) is 6.10 Å². The molecule has 3 unspecified atom stereocenters. The molecule has 0 fully saturated rings. The first-order valence-electron chi connectivity index (χ1n) is 26.8. The molecular weight excluding hydrogens is 715 g/mol. The van der Waals surface area contributed by atoms with Crippen molar-refractivity contribution in [3.63, 3.8) is 0 Å². The lowest BCUT2D eigenvalue weighted by molar-refractivity contribution is -0.124. The van der Waals surface area contributed by atoms with E-state index in [1.54, 1.807) is 0 Å². The average molecular weight is 822 g/mol. The lowest BCUT2D eigenvalue weighted by Crippen LogP contribution is -2.50. The Morgan fingerprint density at radius 3 is 0.828 bits per heavy atom. The molecule has 0 spiro atoms. The minimum atomic E-state index is -1.13. The number of nitrogens with one attached hydrogen (secondary N) is 1. The average Bonchev–Trinajstić information content (AvgIpc) is 3.23. The molecular formula is C53H107NO4. The van der Waals surface area contributed by atoms with Crippen LogP contribution >= 0.6 is 0 Å². The molecule has 1 amide bonds. The Hall–Kier alpha value is -0.650. The summed E-state index contributed by atoms with van der Waals surface area (Å²) in [7, 11) is 0. The van der Waals surface area contributed by atoms with E-state index in [0.717, 1.165) is 32.1 Å². The Morgan fingerprint density at radius 2 is 0.586 bits per heavy atom. The van der Waals surface area contributed by atoms with Crippen LogP contribution in [0.2, 0.25) is 0 Å². The third-order valence-electron chi connectivity index (χ3n) is 13.0. The number of aliphatic hydroxyl groups is 3. The summed E-state index contributed by atoms with van der Waals surface area (Å²) in [5, 5.41) is 33.7. The summed E-state index contributed by atoms with van der Waals surface area (Å²) in [6.07, 6.45) is 58.2. The fraction of sp³-hybridized carbons (Fsp3) is 0.981. The minimum absolute atomic E-state index is 0.136. The minimum Gasteiger partial charge on any atom is -0.394 e. The molecule has 58 heavy (non-hydrogen) atoms. The molecule has 0 saturated carbocycles. The van der Waals surface area contributed by atoms with E-state index in [-0.39, 0.29) is 12.5 Å². The molecule has 0 heterocycles. The number of unbranched alkanes of at least 4 members (excludes halogenated alkanes) is 42. The quantitative estimate of drug-likeness (QED) is 0.0460. The van der Waals surface area contributed by atoms with Gasteiger partial charge < -0.3 is 20.6 Å². The fourth-order valence-electron chi connectivity index (χ4n) is 8.81. The summed E-state index contributed by atoms with van der Waals surface area (Å²) >= 11 is 0. The molecule has 348 valence electrons. The van der Waals surface area contributed by atoms with E-state index in [2.05, 4.69) is 19.2 Å². The molecule has 4 N–H and O–H groups in total. The maximum absolute atomic E-state index is 12.5. The summed E-state index contributed by atoms with van der Waals surface area (Å²) in [5.41, 5.74) is 0. The van der Waals surface area contributed by atoms with Crippen LogP contribution < -0.4 is 5.32 Å². The van der Waals surface area contributed by atoms with E-state index in [4.69, 9.17) is 0 Å². The lowest BCUT2D eigenvalue weighted by Gasteiger charge is -2.26. The highest BCUT2D eigenvalue weighted by Crippen LogP contribution is 2.18. The van der Waals surface area contributed by atoms with Crippen molar-refractivity contribution in [1.29, 1.82) is 0 Å². The number of hydrogen-bond donors (Lipinski definition) is 4. The lowest BCUT2D eigenvalue weighted by atomic mass is 9.99. The van der Waals surface area contributed by atoms with Gasteiger partial charge in [-0.25, -0.2) is 0 Å². The van der Waals surface area contributed by atoms with Crippen molar-refractivity contribution in [2.24, 2.45) is 0 Å². The van der Waals surface area contributed by atoms with Crippen LogP contribution in [0.15, 0.2) is 0 Å². The maximum atomic E-state index is 12.5. The van der Waals surface area contributed by atoms with Gasteiger partial charge in [-0.05, 0) is 12.8 Å². The largest absolute Gasteiger partial charge is 0.394 e. The van der Waals surface area contributed by atoms with Crippen LogP contribution in [0.3, 0.4) is 0 Å². The highest BCUT2D eigenvalue weighted by Gasteiger charge is 2.26. The molecule has 3 atom stereocenters. The van der Waals surface area contributed by atoms with Crippen LogP contribution in [0.1, 0.15) is 309 Å². The second kappa shape index (κ2) is 49.0. The predicted molar refractivity (Wildman–Crippen MR) is 255 cm³/mol. The van der Waals surface area contributed by atoms with Gasteiger partial charge in [0, 0.05) is 6.42 Å². The molecule has 0 aromatic heterocycles. The van der Waals surface area contributed by atoms with Crippen molar-refractivity contribution in [3.05, 3.63) is 0 Å². The van der Waals surface area contributed by atoms with Crippen LogP contribution in [0.4, 0.5) is 0 Å². The Morgan fingerprint density at radius 1 is 0.362 bits per heavy atom. The SMILES string of the molecule is CCCCCCCCCCCCCCCCCCCCCCCCCCCCCC(=O)NC(CO)C(O)C(O)CCCCCCCCCCCCCCCCCCC. The Kier molecular flexibility index (Phi) is 48.5. The highest BCUT2D eigenvalue weighted by molar-refractivity contribution is 5.76. The van der Waals surface area contributed by atoms with Gasteiger partial charge in [-0.1, -0.05) is 290 Å². The Bertz CT molecular complexity index is 777. The maximum Gasteiger partial charge on any atom is 0.220 e. The zero-order valence-corrected chi connectivity index (χ0v) is 39.7. The zero-order valence-electron chi connectivity index (χ0n) is 39.7. The first-order chi connectivity index (χ1) is 28.6. The molecule has 0 rings (SSSR count). The van der Waals surface area contributed by atoms with Gasteiger partial charge in [-0.15, -0.1) is 0 Å². The second-order valence-corrected chi connectivity index (χ2v) is 18.8. The molecule has 0 aliphatic heterocycles. The molecule has 5 heteroatoms. The van der Waals surface area contributed by atoms with Gasteiger partial charge in [-0.3, -0.25) is 4.79 Å². The smallest absolute Gasteiger partial charge is 0.220 e. The number of carbonyl (C=O) groups excluding carboxylic acids is 1. The summed E-state index contributed by atoms with van der Waals surface area (Å²) in [4.78, 5) is 12.5. The summed E-state index contributed by atoms with van der Waals surface area (Å²) in [5.74, 6) is -0.136. The summed E-state index contributed by atoms with van der Waals surface area (Å²) in [6.45, 7) is 4.22. The van der Waals surface area contributed by atoms with Crippen molar-refractivity contribution < 1.29 is 20.1 Å². The number of amides is 1. The highest BCUT2D eigenvalue weighted by atomic mass is 16.3. The number of carbonyl (C=O) groups is 1. The molecule has 5 nitrogen and oxygen atoms in total. The van der Waals surface area contributed by atoms with Gasteiger partial charge in [0.05, 0.1) is 18.8 Å². The second-order valence-electron chi connectivity index (χ2n) is 18.8. The van der Waals surface area contributed by atoms with E-state index < -0.39 is 18.2 Å². The molecule has 0 saturated heterocycles. The van der Waals surface area contributed by atoms with Crippen molar-refractivity contribution >= 4 is 5.91 Å². The van der Waals surface area contributed by atoms with Crippen LogP contribution in [0.5, 0.6) is 0 Å². The van der Waals surface area contributed by atoms with E-state index >= 15 is 0 Å². The monoisotopic (exact) mass is 822 g/mol. The van der Waals surface area contributed by atoms with Gasteiger partial charge >= 0.3 is 0 Å². The summed E-state index contributed by atoms with van der Waals surface area (Å²) in [6, 6.07) is -0.804. The molecule has 0 aliphatic carbocycles. The number of aliphatic hydroxyl groups excluding tert-OH is 3. The molecule has 0 aliphatic rings. The fourth-order valence-corrected chi connectivity index (χ4v) is 8.81. The van der Waals surface area contributed by atoms with Crippen LogP contribution in [-0.4, -0.2) is 46.1 Å². The molecule has 0 aromatic rings. The van der Waals surface area contributed by atoms with Gasteiger partial charge in [0.15, 0.2) is 0 Å². The third kappa shape index (κ3) is 43.4. The van der Waals surface area contributed by atoms with Gasteiger partial charge in [-0.2, -0.15) is 0 Å². The molecule has 0 bridgehead atoms. The normalized spacial score (nSPS) is 13.3. The van der Waals surface area contributed by atoms with E-state index in [0.29, 0.717) is 12.8 Å². The van der Waals surface area contributed by atoms with Crippen molar-refractivity contribution in [3.8, 4) is 0 Å². The standard InChI is InChI=1S/C53H107NO4/c1-3-5-7-9-11-13-15-17-19-21-22-23-24-25-26-27-28-29-30-32-34-36-38-40-42-44-46-48-52(57)54-50(49-55)53(58)51(56)47-45-43-41-39-37-35-33-31-20-18-16-14-12-10-8-6-4-2/h50-51,53,55-56,58H,3-49H2,1-2H3,(H,54,57). The van der Waals surface area contributed by atoms with Crippen LogP contribution in [-0.2, 0) is 4.79 Å². The van der Waals surface area contributed by atoms with E-state index in [1.807, 2.05) is 0 Å². The first-order valence-corrected chi connectivity index (χ1v) is 26.8. The van der Waals surface area contributed by atoms with Crippen LogP contribution in [0, 0.1) is 0 Å². The summed E-state index contributed by atoms with van der Waals surface area (Å²) < 4.78 is 0. The number of rotatable bonds is 50. The first kappa shape index (κ1) is 57.3. The molecule has 0 aromatic carbocycles. The van der Waals surface area contributed by atoms with Crippen molar-refractivity contribution in [2.45, 2.75) is 327 Å². The topological polar surface area (TPSA) is 89.8 Å².